The molecule has 4 aliphatic heterocycles. The van der Waals surface area contributed by atoms with E-state index in [0.717, 1.165) is 0 Å². The Balaban J connectivity index is 1.20. The second kappa shape index (κ2) is 13.3. The van der Waals surface area contributed by atoms with Gasteiger partial charge >= 0.3 is 30.1 Å². The Morgan fingerprint density at radius 3 is 2.39 bits per heavy atom. The normalized spacial score (nSPS) is 23.3. The van der Waals surface area contributed by atoms with Gasteiger partial charge in [0, 0.05) is 43.2 Å². The Morgan fingerprint density at radius 1 is 0.929 bits per heavy atom. The SMILES string of the molecule is C#Cc1c(F)ccc2cccc(-c3nc4c5c(nc(OC[C@]67CCCN6C[C@H](OC(C(F)(F)F)(C(F)(F)F)C(F)(F)F)C7)nc5c3F)N3CCNCC3CC4)c12. The first-order chi connectivity index (χ1) is 26.4. The number of ether oxygens (including phenoxy) is 2. The molecule has 56 heavy (non-hydrogen) atoms. The largest absolute Gasteiger partial charge is 0.461 e. The lowest BCUT2D eigenvalue weighted by Crippen LogP contribution is -2.68. The Hall–Kier alpha value is -4.54. The molecule has 19 heteroatoms. The highest BCUT2D eigenvalue weighted by molar-refractivity contribution is 6.02. The van der Waals surface area contributed by atoms with E-state index >= 15 is 4.39 Å². The van der Waals surface area contributed by atoms with Crippen LogP contribution in [-0.2, 0) is 11.2 Å². The molecular formula is C37H31F11N6O2. The second-order valence-electron chi connectivity index (χ2n) is 14.5. The number of pyridine rings is 1. The molecule has 1 N–H and O–H groups in total. The van der Waals surface area contributed by atoms with Gasteiger partial charge in [-0.15, -0.1) is 6.42 Å². The third kappa shape index (κ3) is 5.89. The topological polar surface area (TPSA) is 75.6 Å². The fourth-order valence-corrected chi connectivity index (χ4v) is 8.81. The molecule has 3 fully saturated rings. The van der Waals surface area contributed by atoms with Crippen molar-refractivity contribution in [3.8, 4) is 29.6 Å². The van der Waals surface area contributed by atoms with Gasteiger partial charge in [-0.3, -0.25) is 4.90 Å². The number of aryl methyl sites for hydroxylation is 1. The number of nitrogens with zero attached hydrogens (tertiary/aromatic N) is 5. The minimum Gasteiger partial charge on any atom is -0.461 e. The molecule has 6 heterocycles. The van der Waals surface area contributed by atoms with Crippen LogP contribution in [0.15, 0.2) is 30.3 Å². The number of piperazine rings is 1. The van der Waals surface area contributed by atoms with Crippen LogP contribution in [0.3, 0.4) is 0 Å². The maximum absolute atomic E-state index is 17.0. The molecule has 8 nitrogen and oxygen atoms in total. The molecule has 2 aromatic heterocycles. The van der Waals surface area contributed by atoms with Gasteiger partial charge in [-0.25, -0.2) is 13.8 Å². The highest BCUT2D eigenvalue weighted by atomic mass is 19.4. The number of fused-ring (bicyclic) bond motifs is 4. The zero-order valence-electron chi connectivity index (χ0n) is 29.1. The van der Waals surface area contributed by atoms with Gasteiger partial charge in [0.1, 0.15) is 29.5 Å². The Labute approximate surface area is 311 Å². The molecule has 8 rings (SSSR count). The van der Waals surface area contributed by atoms with Gasteiger partial charge < -0.3 is 19.7 Å². The number of terminal acetylenes is 1. The van der Waals surface area contributed by atoms with E-state index in [4.69, 9.17) is 16.1 Å². The van der Waals surface area contributed by atoms with Gasteiger partial charge in [-0.05, 0) is 50.1 Å². The van der Waals surface area contributed by atoms with Crippen LogP contribution in [0.4, 0.5) is 54.1 Å². The van der Waals surface area contributed by atoms with Crippen LogP contribution in [0.25, 0.3) is 32.9 Å². The number of hydrogen-bond acceptors (Lipinski definition) is 8. The molecule has 0 aliphatic carbocycles. The highest BCUT2D eigenvalue weighted by Crippen LogP contribution is 2.57. The molecule has 0 saturated carbocycles. The average Bonchev–Trinajstić information content (AvgIpc) is 3.63. The van der Waals surface area contributed by atoms with Crippen molar-refractivity contribution in [2.45, 2.75) is 73.9 Å². The zero-order valence-corrected chi connectivity index (χ0v) is 29.1. The summed E-state index contributed by atoms with van der Waals surface area (Å²) in [4.78, 5) is 17.2. The molecule has 2 aromatic carbocycles. The smallest absolute Gasteiger partial charge is 0.435 e. The van der Waals surface area contributed by atoms with E-state index in [1.54, 1.807) is 18.2 Å². The molecular weight excluding hydrogens is 769 g/mol. The van der Waals surface area contributed by atoms with E-state index in [1.807, 2.05) is 4.90 Å². The number of aromatic nitrogens is 3. The minimum absolute atomic E-state index is 0.0990. The number of nitrogens with one attached hydrogen (secondary N) is 1. The summed E-state index contributed by atoms with van der Waals surface area (Å²) < 4.78 is 166. The van der Waals surface area contributed by atoms with Crippen LogP contribution < -0.4 is 15.0 Å². The zero-order chi connectivity index (χ0) is 40.0. The number of rotatable bonds is 6. The van der Waals surface area contributed by atoms with Crippen LogP contribution in [0, 0.1) is 24.0 Å². The van der Waals surface area contributed by atoms with E-state index in [0.29, 0.717) is 55.4 Å². The van der Waals surface area contributed by atoms with Crippen LogP contribution >= 0.6 is 0 Å². The van der Waals surface area contributed by atoms with E-state index in [9.17, 15) is 43.9 Å². The maximum Gasteiger partial charge on any atom is 0.435 e. The summed E-state index contributed by atoms with van der Waals surface area (Å²) in [5, 5.41) is 4.38. The lowest BCUT2D eigenvalue weighted by molar-refractivity contribution is -0.463. The van der Waals surface area contributed by atoms with E-state index < -0.39 is 67.0 Å². The summed E-state index contributed by atoms with van der Waals surface area (Å²) in [6.45, 7) is 0.535. The van der Waals surface area contributed by atoms with E-state index in [1.165, 1.54) is 17.0 Å². The first kappa shape index (κ1) is 38.3. The Kier molecular flexibility index (Phi) is 9.08. The van der Waals surface area contributed by atoms with Crippen LogP contribution in [-0.4, -0.2) is 101 Å². The molecule has 3 saturated heterocycles. The fraction of sp³-hybridized carbons (Fsp3) is 0.486. The summed E-state index contributed by atoms with van der Waals surface area (Å²) >= 11 is 0. The van der Waals surface area contributed by atoms with Gasteiger partial charge in [0.05, 0.1) is 28.3 Å². The van der Waals surface area contributed by atoms with Crippen molar-refractivity contribution >= 4 is 27.5 Å². The molecule has 0 radical (unpaired) electrons. The third-order valence-corrected chi connectivity index (χ3v) is 11.3. The Bertz CT molecular complexity index is 2220. The van der Waals surface area contributed by atoms with Gasteiger partial charge in [-0.2, -0.15) is 49.5 Å². The quantitative estimate of drug-likeness (QED) is 0.162. The lowest BCUT2D eigenvalue weighted by atomic mass is 9.93. The molecule has 1 unspecified atom stereocenters. The summed E-state index contributed by atoms with van der Waals surface area (Å²) in [6, 6.07) is 7.07. The molecule has 4 aliphatic rings. The van der Waals surface area contributed by atoms with Crippen molar-refractivity contribution in [1.82, 2.24) is 25.2 Å². The molecule has 0 spiro atoms. The first-order valence-corrected chi connectivity index (χ1v) is 17.7. The average molecular weight is 801 g/mol. The minimum atomic E-state index is -6.87. The van der Waals surface area contributed by atoms with Gasteiger partial charge in [-0.1, -0.05) is 30.2 Å². The van der Waals surface area contributed by atoms with Gasteiger partial charge in [0.2, 0.25) is 0 Å². The van der Waals surface area contributed by atoms with Crippen molar-refractivity contribution in [1.29, 1.82) is 0 Å². The van der Waals surface area contributed by atoms with Crippen molar-refractivity contribution in [2.75, 3.05) is 44.2 Å². The highest BCUT2D eigenvalue weighted by Gasteiger charge is 2.86. The summed E-state index contributed by atoms with van der Waals surface area (Å²) in [7, 11) is 0. The number of anilines is 1. The Morgan fingerprint density at radius 2 is 1.68 bits per heavy atom. The van der Waals surface area contributed by atoms with Crippen LogP contribution in [0.1, 0.15) is 36.9 Å². The molecule has 298 valence electrons. The predicted molar refractivity (Wildman–Crippen MR) is 180 cm³/mol. The molecule has 4 aromatic rings. The lowest BCUT2D eigenvalue weighted by Gasteiger charge is -2.40. The van der Waals surface area contributed by atoms with E-state index in [-0.39, 0.29) is 58.6 Å². The maximum atomic E-state index is 17.0. The number of hydrogen-bond donors (Lipinski definition) is 1. The third-order valence-electron chi connectivity index (χ3n) is 11.3. The summed E-state index contributed by atoms with van der Waals surface area (Å²) in [6.07, 6.45) is -16.3. The number of alkyl halides is 9. The molecule has 0 bridgehead atoms. The van der Waals surface area contributed by atoms with Crippen molar-refractivity contribution < 1.29 is 57.8 Å². The number of halogens is 11. The fourth-order valence-electron chi connectivity index (χ4n) is 8.81. The standard InChI is InChI=1S/C37H31F11N6O2/c1-2-22-24(38)9-7-19-5-3-6-23(26(19)22)29-28(39)30-27-25(50-29)10-8-20-16-49-12-14-54(20)31(27)52-32(51-30)55-18-33-11-4-13-53(33)17-21(15-33)56-34(35(40,41)42,36(43,44)45)37(46,47)48/h1,3,5-7,9,20-21,49H,4,8,10-18H2/t20?,21-,33-/m1/s1. The van der Waals surface area contributed by atoms with Crippen LogP contribution in [0.2, 0.25) is 0 Å². The van der Waals surface area contributed by atoms with Crippen LogP contribution in [0.5, 0.6) is 6.01 Å². The monoisotopic (exact) mass is 800 g/mol. The van der Waals surface area contributed by atoms with Crippen molar-refractivity contribution in [3.63, 3.8) is 0 Å². The predicted octanol–water partition coefficient (Wildman–Crippen LogP) is 7.26. The van der Waals surface area contributed by atoms with Gasteiger partial charge in [0.15, 0.2) is 5.82 Å². The number of benzene rings is 2. The molecule has 3 atom stereocenters. The second-order valence-corrected chi connectivity index (χ2v) is 14.5. The van der Waals surface area contributed by atoms with Crippen molar-refractivity contribution in [2.24, 2.45) is 0 Å². The molecule has 0 amide bonds. The summed E-state index contributed by atoms with van der Waals surface area (Å²) in [5.41, 5.74) is -7.61. The van der Waals surface area contributed by atoms with E-state index in [2.05, 4.69) is 25.9 Å². The van der Waals surface area contributed by atoms with Crippen molar-refractivity contribution in [3.05, 3.63) is 53.2 Å². The first-order valence-electron chi connectivity index (χ1n) is 17.7. The summed E-state index contributed by atoms with van der Waals surface area (Å²) in [5.74, 6) is 1.02. The van der Waals surface area contributed by atoms with Gasteiger partial charge in [0.25, 0.3) is 0 Å².